The van der Waals surface area contributed by atoms with Crippen LogP contribution in [0.4, 0.5) is 0 Å². The summed E-state index contributed by atoms with van der Waals surface area (Å²) in [6.07, 6.45) is 8.15. The van der Waals surface area contributed by atoms with Gasteiger partial charge in [-0.15, -0.1) is 0 Å². The molecule has 0 radical (unpaired) electrons. The van der Waals surface area contributed by atoms with Crippen molar-refractivity contribution in [2.45, 2.75) is 85.3 Å². The van der Waals surface area contributed by atoms with E-state index >= 15 is 0 Å². The van der Waals surface area contributed by atoms with Gasteiger partial charge < -0.3 is 10.1 Å². The first-order chi connectivity index (χ1) is 9.58. The average molecular weight is 284 g/mol. The van der Waals surface area contributed by atoms with Gasteiger partial charge in [0.2, 0.25) is 0 Å². The summed E-state index contributed by atoms with van der Waals surface area (Å²) in [5, 5.41) is 3.64. The molecule has 0 heterocycles. The molecule has 1 rings (SSSR count). The Morgan fingerprint density at radius 2 is 1.90 bits per heavy atom. The molecule has 0 aromatic rings. The molecule has 2 heteroatoms. The maximum atomic E-state index is 6.38. The van der Waals surface area contributed by atoms with E-state index in [2.05, 4.69) is 39.9 Å². The van der Waals surface area contributed by atoms with Crippen molar-refractivity contribution < 1.29 is 4.74 Å². The van der Waals surface area contributed by atoms with E-state index in [9.17, 15) is 0 Å². The molecule has 0 bridgehead atoms. The Bertz CT molecular complexity index is 242. The van der Waals surface area contributed by atoms with E-state index in [1.807, 2.05) is 0 Å². The molecule has 0 spiro atoms. The van der Waals surface area contributed by atoms with Gasteiger partial charge in [0.25, 0.3) is 0 Å². The minimum absolute atomic E-state index is 0.488. The van der Waals surface area contributed by atoms with Crippen molar-refractivity contribution in [2.75, 3.05) is 13.2 Å². The molecule has 20 heavy (non-hydrogen) atoms. The average Bonchev–Trinajstić information content (AvgIpc) is 2.41. The molecule has 1 saturated carbocycles. The second kappa shape index (κ2) is 9.78. The fourth-order valence-corrected chi connectivity index (χ4v) is 3.49. The van der Waals surface area contributed by atoms with E-state index in [0.29, 0.717) is 12.1 Å². The number of rotatable bonds is 9. The highest BCUT2D eigenvalue weighted by molar-refractivity contribution is 4.82. The van der Waals surface area contributed by atoms with Crippen LogP contribution in [0.2, 0.25) is 0 Å². The number of ether oxygens (including phenoxy) is 1. The SMILES string of the molecule is CCCNC(CCC)COC1CC(C)CCC1C(C)C. The first-order valence-electron chi connectivity index (χ1n) is 8.93. The summed E-state index contributed by atoms with van der Waals surface area (Å²) >= 11 is 0. The van der Waals surface area contributed by atoms with Crippen LogP contribution < -0.4 is 5.32 Å². The molecular weight excluding hydrogens is 246 g/mol. The summed E-state index contributed by atoms with van der Waals surface area (Å²) in [5.41, 5.74) is 0. The Labute approximate surface area is 127 Å². The van der Waals surface area contributed by atoms with Crippen LogP contribution >= 0.6 is 0 Å². The molecule has 2 nitrogen and oxygen atoms in total. The molecule has 1 aliphatic carbocycles. The predicted molar refractivity (Wildman–Crippen MR) is 88.1 cm³/mol. The number of hydrogen-bond donors (Lipinski definition) is 1. The second-order valence-electron chi connectivity index (χ2n) is 7.14. The third kappa shape index (κ3) is 6.13. The Morgan fingerprint density at radius 1 is 1.15 bits per heavy atom. The van der Waals surface area contributed by atoms with E-state index < -0.39 is 0 Å². The zero-order valence-corrected chi connectivity index (χ0v) is 14.5. The summed E-state index contributed by atoms with van der Waals surface area (Å²) in [6.45, 7) is 13.6. The molecular formula is C18H37NO. The Morgan fingerprint density at radius 3 is 2.50 bits per heavy atom. The third-order valence-corrected chi connectivity index (χ3v) is 4.79. The fraction of sp³-hybridized carbons (Fsp3) is 1.00. The molecule has 4 unspecified atom stereocenters. The molecule has 1 aliphatic rings. The molecule has 120 valence electrons. The zero-order valence-electron chi connectivity index (χ0n) is 14.5. The largest absolute Gasteiger partial charge is 0.376 e. The Balaban J connectivity index is 2.45. The summed E-state index contributed by atoms with van der Waals surface area (Å²) in [4.78, 5) is 0. The predicted octanol–water partition coefficient (Wildman–Crippen LogP) is 4.63. The molecule has 0 aliphatic heterocycles. The van der Waals surface area contributed by atoms with Crippen LogP contribution in [0, 0.1) is 17.8 Å². The number of nitrogens with one attached hydrogen (secondary N) is 1. The van der Waals surface area contributed by atoms with Gasteiger partial charge >= 0.3 is 0 Å². The van der Waals surface area contributed by atoms with Crippen LogP contribution in [0.3, 0.4) is 0 Å². The lowest BCUT2D eigenvalue weighted by Crippen LogP contribution is -2.40. The highest BCUT2D eigenvalue weighted by atomic mass is 16.5. The second-order valence-corrected chi connectivity index (χ2v) is 7.14. The molecule has 1 N–H and O–H groups in total. The lowest BCUT2D eigenvalue weighted by molar-refractivity contribution is -0.0464. The standard InChI is InChI=1S/C18H37NO/c1-6-8-16(19-11-7-2)13-20-18-12-15(5)9-10-17(18)14(3)4/h14-19H,6-13H2,1-5H3. The van der Waals surface area contributed by atoms with Crippen molar-refractivity contribution in [3.63, 3.8) is 0 Å². The van der Waals surface area contributed by atoms with Crippen molar-refractivity contribution >= 4 is 0 Å². The van der Waals surface area contributed by atoms with E-state index in [4.69, 9.17) is 4.74 Å². The molecule has 4 atom stereocenters. The van der Waals surface area contributed by atoms with Gasteiger partial charge in [0.1, 0.15) is 0 Å². The van der Waals surface area contributed by atoms with Gasteiger partial charge in [-0.25, -0.2) is 0 Å². The van der Waals surface area contributed by atoms with Crippen LogP contribution in [0.1, 0.15) is 73.1 Å². The summed E-state index contributed by atoms with van der Waals surface area (Å²) in [6, 6.07) is 0.546. The van der Waals surface area contributed by atoms with Gasteiger partial charge in [-0.2, -0.15) is 0 Å². The van der Waals surface area contributed by atoms with Gasteiger partial charge in [0.05, 0.1) is 12.7 Å². The lowest BCUT2D eigenvalue weighted by Gasteiger charge is -2.38. The summed E-state index contributed by atoms with van der Waals surface area (Å²) in [7, 11) is 0. The first kappa shape index (κ1) is 18.0. The highest BCUT2D eigenvalue weighted by Crippen LogP contribution is 2.35. The van der Waals surface area contributed by atoms with Crippen LogP contribution in [-0.4, -0.2) is 25.3 Å². The zero-order chi connectivity index (χ0) is 15.0. The lowest BCUT2D eigenvalue weighted by atomic mass is 9.75. The van der Waals surface area contributed by atoms with Gasteiger partial charge in [-0.1, -0.05) is 47.5 Å². The normalized spacial score (nSPS) is 28.8. The van der Waals surface area contributed by atoms with E-state index in [1.165, 1.54) is 38.5 Å². The van der Waals surface area contributed by atoms with Crippen LogP contribution in [0.25, 0.3) is 0 Å². The van der Waals surface area contributed by atoms with Crippen LogP contribution in [0.15, 0.2) is 0 Å². The van der Waals surface area contributed by atoms with Crippen molar-refractivity contribution in [2.24, 2.45) is 17.8 Å². The van der Waals surface area contributed by atoms with Crippen molar-refractivity contribution in [3.8, 4) is 0 Å². The summed E-state index contributed by atoms with van der Waals surface area (Å²) in [5.74, 6) is 2.35. The highest BCUT2D eigenvalue weighted by Gasteiger charge is 2.31. The Kier molecular flexibility index (Phi) is 8.79. The van der Waals surface area contributed by atoms with E-state index in [0.717, 1.165) is 30.9 Å². The van der Waals surface area contributed by atoms with Crippen LogP contribution in [0.5, 0.6) is 0 Å². The monoisotopic (exact) mass is 283 g/mol. The number of hydrogen-bond acceptors (Lipinski definition) is 2. The summed E-state index contributed by atoms with van der Waals surface area (Å²) < 4.78 is 6.38. The molecule has 0 aromatic carbocycles. The maximum Gasteiger partial charge on any atom is 0.0623 e. The minimum atomic E-state index is 0.488. The van der Waals surface area contributed by atoms with Crippen molar-refractivity contribution in [1.82, 2.24) is 5.32 Å². The van der Waals surface area contributed by atoms with Crippen LogP contribution in [-0.2, 0) is 4.74 Å². The van der Waals surface area contributed by atoms with Crippen molar-refractivity contribution in [3.05, 3.63) is 0 Å². The molecule has 1 fully saturated rings. The van der Waals surface area contributed by atoms with E-state index in [1.54, 1.807) is 0 Å². The first-order valence-corrected chi connectivity index (χ1v) is 8.93. The van der Waals surface area contributed by atoms with Gasteiger partial charge in [0.15, 0.2) is 0 Å². The van der Waals surface area contributed by atoms with E-state index in [-0.39, 0.29) is 0 Å². The molecule has 0 aromatic heterocycles. The molecule has 0 amide bonds. The fourth-order valence-electron chi connectivity index (χ4n) is 3.49. The maximum absolute atomic E-state index is 6.38. The van der Waals surface area contributed by atoms with Gasteiger partial charge in [0, 0.05) is 6.04 Å². The van der Waals surface area contributed by atoms with Crippen molar-refractivity contribution in [1.29, 1.82) is 0 Å². The quantitative estimate of drug-likeness (QED) is 0.666. The minimum Gasteiger partial charge on any atom is -0.376 e. The smallest absolute Gasteiger partial charge is 0.0623 e. The topological polar surface area (TPSA) is 21.3 Å². The molecule has 0 saturated heterocycles. The van der Waals surface area contributed by atoms with Gasteiger partial charge in [-0.3, -0.25) is 0 Å². The Hall–Kier alpha value is -0.0800. The third-order valence-electron chi connectivity index (χ3n) is 4.79. The van der Waals surface area contributed by atoms with Gasteiger partial charge in [-0.05, 0) is 50.0 Å².